The van der Waals surface area contributed by atoms with Gasteiger partial charge in [-0.25, -0.2) is 0 Å². The van der Waals surface area contributed by atoms with E-state index in [9.17, 15) is 5.11 Å². The molecule has 0 atom stereocenters. The molecule has 0 amide bonds. The average Bonchev–Trinajstić information content (AvgIpc) is 2.56. The van der Waals surface area contributed by atoms with Gasteiger partial charge in [0.15, 0.2) is 0 Å². The molecule has 0 aliphatic carbocycles. The summed E-state index contributed by atoms with van der Waals surface area (Å²) in [7, 11) is 1.93. The van der Waals surface area contributed by atoms with Gasteiger partial charge >= 0.3 is 0 Å². The number of para-hydroxylation sites is 1. The van der Waals surface area contributed by atoms with Crippen molar-refractivity contribution in [3.8, 4) is 5.75 Å². The van der Waals surface area contributed by atoms with Crippen molar-refractivity contribution >= 4 is 5.69 Å². The standard InChI is InChI=1S/C14H19N3O/c1-9-6-5-7-12(14(9)18)8-15-13-10(2)16-17(4)11(13)3/h5-7,15,18H,8H2,1-4H3. The van der Waals surface area contributed by atoms with Crippen LogP contribution in [0.1, 0.15) is 22.5 Å². The van der Waals surface area contributed by atoms with Crippen LogP contribution in [0.25, 0.3) is 0 Å². The van der Waals surface area contributed by atoms with E-state index >= 15 is 0 Å². The molecule has 1 aromatic heterocycles. The van der Waals surface area contributed by atoms with Crippen LogP contribution in [-0.2, 0) is 13.6 Å². The minimum atomic E-state index is 0.365. The van der Waals surface area contributed by atoms with Gasteiger partial charge in [-0.15, -0.1) is 0 Å². The van der Waals surface area contributed by atoms with Gasteiger partial charge in [-0.2, -0.15) is 5.10 Å². The van der Waals surface area contributed by atoms with E-state index in [-0.39, 0.29) is 0 Å². The third-order valence-corrected chi connectivity index (χ3v) is 3.29. The molecule has 2 rings (SSSR count). The number of nitrogens with one attached hydrogen (secondary N) is 1. The average molecular weight is 245 g/mol. The molecule has 2 N–H and O–H groups in total. The van der Waals surface area contributed by atoms with Crippen LogP contribution in [0.5, 0.6) is 5.75 Å². The smallest absolute Gasteiger partial charge is 0.123 e. The number of aryl methyl sites for hydroxylation is 3. The fourth-order valence-electron chi connectivity index (χ4n) is 2.08. The molecule has 0 aliphatic heterocycles. The number of benzene rings is 1. The summed E-state index contributed by atoms with van der Waals surface area (Å²) in [6.45, 7) is 6.50. The molecule has 1 heterocycles. The first kappa shape index (κ1) is 12.5. The summed E-state index contributed by atoms with van der Waals surface area (Å²) < 4.78 is 1.85. The summed E-state index contributed by atoms with van der Waals surface area (Å²) in [6.07, 6.45) is 0. The molecule has 4 heteroatoms. The zero-order chi connectivity index (χ0) is 13.3. The SMILES string of the molecule is Cc1cccc(CNc2c(C)nn(C)c2C)c1O. The highest BCUT2D eigenvalue weighted by Gasteiger charge is 2.10. The maximum Gasteiger partial charge on any atom is 0.123 e. The summed E-state index contributed by atoms with van der Waals surface area (Å²) in [5, 5.41) is 17.7. The Morgan fingerprint density at radius 3 is 2.61 bits per heavy atom. The first-order chi connectivity index (χ1) is 8.50. The van der Waals surface area contributed by atoms with E-state index in [1.807, 2.05) is 50.7 Å². The minimum Gasteiger partial charge on any atom is -0.507 e. The summed E-state index contributed by atoms with van der Waals surface area (Å²) in [5.74, 6) is 0.365. The maximum atomic E-state index is 9.96. The van der Waals surface area contributed by atoms with Gasteiger partial charge in [-0.3, -0.25) is 4.68 Å². The number of hydrogen-bond donors (Lipinski definition) is 2. The fourth-order valence-corrected chi connectivity index (χ4v) is 2.08. The molecule has 0 saturated heterocycles. The third-order valence-electron chi connectivity index (χ3n) is 3.29. The van der Waals surface area contributed by atoms with Crippen molar-refractivity contribution in [1.82, 2.24) is 9.78 Å². The molecule has 0 saturated carbocycles. The van der Waals surface area contributed by atoms with Crippen LogP contribution in [0.3, 0.4) is 0 Å². The van der Waals surface area contributed by atoms with Crippen molar-refractivity contribution in [2.45, 2.75) is 27.3 Å². The van der Waals surface area contributed by atoms with Gasteiger partial charge in [-0.1, -0.05) is 18.2 Å². The van der Waals surface area contributed by atoms with Crippen molar-refractivity contribution in [1.29, 1.82) is 0 Å². The van der Waals surface area contributed by atoms with Gasteiger partial charge in [0.25, 0.3) is 0 Å². The largest absolute Gasteiger partial charge is 0.507 e. The first-order valence-corrected chi connectivity index (χ1v) is 6.02. The molecule has 0 aliphatic rings. The van der Waals surface area contributed by atoms with Crippen LogP contribution in [0.15, 0.2) is 18.2 Å². The molecular weight excluding hydrogens is 226 g/mol. The topological polar surface area (TPSA) is 50.1 Å². The van der Waals surface area contributed by atoms with Crippen LogP contribution in [0.2, 0.25) is 0 Å². The van der Waals surface area contributed by atoms with E-state index in [0.29, 0.717) is 12.3 Å². The first-order valence-electron chi connectivity index (χ1n) is 6.02. The van der Waals surface area contributed by atoms with Crippen molar-refractivity contribution in [2.75, 3.05) is 5.32 Å². The molecule has 18 heavy (non-hydrogen) atoms. The molecule has 0 bridgehead atoms. The maximum absolute atomic E-state index is 9.96. The van der Waals surface area contributed by atoms with Crippen molar-refractivity contribution in [2.24, 2.45) is 7.05 Å². The van der Waals surface area contributed by atoms with Crippen LogP contribution >= 0.6 is 0 Å². The molecule has 0 spiro atoms. The number of phenolic OH excluding ortho intramolecular Hbond substituents is 1. The monoisotopic (exact) mass is 245 g/mol. The number of phenols is 1. The van der Waals surface area contributed by atoms with Crippen LogP contribution in [0.4, 0.5) is 5.69 Å². The summed E-state index contributed by atoms with van der Waals surface area (Å²) in [6, 6.07) is 5.78. The lowest BCUT2D eigenvalue weighted by atomic mass is 10.1. The predicted octanol–water partition coefficient (Wildman–Crippen LogP) is 2.66. The molecule has 0 unspecified atom stereocenters. The Kier molecular flexibility index (Phi) is 3.28. The van der Waals surface area contributed by atoms with Gasteiger partial charge in [-0.05, 0) is 26.3 Å². The summed E-state index contributed by atoms with van der Waals surface area (Å²) in [4.78, 5) is 0. The zero-order valence-electron chi connectivity index (χ0n) is 11.3. The Hall–Kier alpha value is -1.97. The highest BCUT2D eigenvalue weighted by atomic mass is 16.3. The van der Waals surface area contributed by atoms with E-state index in [4.69, 9.17) is 0 Å². The van der Waals surface area contributed by atoms with E-state index < -0.39 is 0 Å². The molecular formula is C14H19N3O. The lowest BCUT2D eigenvalue weighted by Crippen LogP contribution is -2.02. The molecule has 4 nitrogen and oxygen atoms in total. The Labute approximate surface area is 107 Å². The van der Waals surface area contributed by atoms with Gasteiger partial charge < -0.3 is 10.4 Å². The number of anilines is 1. The van der Waals surface area contributed by atoms with Gasteiger partial charge in [0, 0.05) is 19.2 Å². The van der Waals surface area contributed by atoms with Crippen molar-refractivity contribution in [3.05, 3.63) is 40.7 Å². The number of nitrogens with zero attached hydrogens (tertiary/aromatic N) is 2. The minimum absolute atomic E-state index is 0.365. The summed E-state index contributed by atoms with van der Waals surface area (Å²) >= 11 is 0. The Bertz CT molecular complexity index is 573. The molecule has 2 aromatic rings. The number of aromatic nitrogens is 2. The second-order valence-corrected chi connectivity index (χ2v) is 4.61. The highest BCUT2D eigenvalue weighted by Crippen LogP contribution is 2.24. The van der Waals surface area contributed by atoms with Gasteiger partial charge in [0.1, 0.15) is 5.75 Å². The Morgan fingerprint density at radius 2 is 2.00 bits per heavy atom. The molecule has 1 aromatic carbocycles. The second kappa shape index (κ2) is 4.72. The van der Waals surface area contributed by atoms with E-state index in [1.165, 1.54) is 0 Å². The van der Waals surface area contributed by atoms with Gasteiger partial charge in [0.05, 0.1) is 17.1 Å². The molecule has 96 valence electrons. The van der Waals surface area contributed by atoms with Crippen molar-refractivity contribution < 1.29 is 5.11 Å². The van der Waals surface area contributed by atoms with Crippen LogP contribution in [-0.4, -0.2) is 14.9 Å². The van der Waals surface area contributed by atoms with Gasteiger partial charge in [0.2, 0.25) is 0 Å². The van der Waals surface area contributed by atoms with E-state index in [0.717, 1.165) is 28.2 Å². The lowest BCUT2D eigenvalue weighted by Gasteiger charge is -2.10. The van der Waals surface area contributed by atoms with Crippen LogP contribution < -0.4 is 5.32 Å². The number of aromatic hydroxyl groups is 1. The number of rotatable bonds is 3. The Balaban J connectivity index is 2.19. The predicted molar refractivity (Wildman–Crippen MR) is 72.9 cm³/mol. The molecule has 0 radical (unpaired) electrons. The van der Waals surface area contributed by atoms with E-state index in [1.54, 1.807) is 0 Å². The third kappa shape index (κ3) is 2.18. The quantitative estimate of drug-likeness (QED) is 0.874. The second-order valence-electron chi connectivity index (χ2n) is 4.61. The lowest BCUT2D eigenvalue weighted by molar-refractivity contribution is 0.465. The van der Waals surface area contributed by atoms with E-state index in [2.05, 4.69) is 10.4 Å². The normalized spacial score (nSPS) is 10.7. The Morgan fingerprint density at radius 1 is 1.28 bits per heavy atom. The number of hydrogen-bond acceptors (Lipinski definition) is 3. The van der Waals surface area contributed by atoms with Crippen LogP contribution in [0, 0.1) is 20.8 Å². The summed E-state index contributed by atoms with van der Waals surface area (Å²) in [5.41, 5.74) is 4.91. The fraction of sp³-hybridized carbons (Fsp3) is 0.357. The molecule has 0 fully saturated rings. The highest BCUT2D eigenvalue weighted by molar-refractivity contribution is 5.53. The van der Waals surface area contributed by atoms with Crippen molar-refractivity contribution in [3.63, 3.8) is 0 Å². The zero-order valence-corrected chi connectivity index (χ0v) is 11.3.